The molecule has 1 heterocycles. The fraction of sp³-hybridized carbons (Fsp3) is 0.500. The van der Waals surface area contributed by atoms with E-state index in [1.165, 1.54) is 6.07 Å². The van der Waals surface area contributed by atoms with Crippen molar-refractivity contribution in [2.45, 2.75) is 19.0 Å². The Labute approximate surface area is 120 Å². The van der Waals surface area contributed by atoms with E-state index in [0.29, 0.717) is 19.8 Å². The van der Waals surface area contributed by atoms with Crippen LogP contribution in [0.25, 0.3) is 0 Å². The van der Waals surface area contributed by atoms with Crippen molar-refractivity contribution in [3.05, 3.63) is 29.3 Å². The smallest absolute Gasteiger partial charge is 0.399 e. The first-order chi connectivity index (χ1) is 9.88. The lowest BCUT2D eigenvalue weighted by Gasteiger charge is -2.22. The van der Waals surface area contributed by atoms with E-state index >= 15 is 0 Å². The number of ether oxygens (including phenoxy) is 1. The molecule has 0 atom stereocenters. The topological polar surface area (TPSA) is 64.4 Å². The normalized spacial score (nSPS) is 16.7. The van der Waals surface area contributed by atoms with Crippen LogP contribution in [0.5, 0.6) is 0 Å². The zero-order valence-corrected chi connectivity index (χ0v) is 11.4. The third-order valence-corrected chi connectivity index (χ3v) is 3.49. The molecule has 1 aliphatic heterocycles. The van der Waals surface area contributed by atoms with Gasteiger partial charge in [0.25, 0.3) is 5.91 Å². The molecule has 1 aromatic carbocycles. The zero-order chi connectivity index (χ0) is 15.5. The van der Waals surface area contributed by atoms with Crippen LogP contribution >= 0.6 is 0 Å². The van der Waals surface area contributed by atoms with E-state index in [0.717, 1.165) is 25.0 Å². The summed E-state index contributed by atoms with van der Waals surface area (Å²) in [5.41, 5.74) is 3.94. The van der Waals surface area contributed by atoms with Gasteiger partial charge in [-0.05, 0) is 37.0 Å². The second-order valence-electron chi connectivity index (χ2n) is 5.07. The number of alkyl halides is 3. The number of carbonyl (C=O) groups excluding carboxylic acids is 1. The van der Waals surface area contributed by atoms with Gasteiger partial charge in [0.1, 0.15) is 0 Å². The van der Waals surface area contributed by atoms with Crippen LogP contribution in [0, 0.1) is 5.92 Å². The standard InChI is InChI=1S/C14H17F3N2O2/c15-14(16,17)12-7-10(18)1-2-11(12)13(20)19-8-9-3-5-21-6-4-9/h1-2,7,9H,3-6,8,18H2,(H,19,20). The summed E-state index contributed by atoms with van der Waals surface area (Å²) in [6.45, 7) is 1.59. The minimum absolute atomic E-state index is 0.0247. The Hall–Kier alpha value is -1.76. The first-order valence-electron chi connectivity index (χ1n) is 6.70. The number of halogens is 3. The summed E-state index contributed by atoms with van der Waals surface area (Å²) in [6, 6.07) is 3.18. The van der Waals surface area contributed by atoms with E-state index in [1.54, 1.807) is 0 Å². The number of hydrogen-bond acceptors (Lipinski definition) is 3. The van der Waals surface area contributed by atoms with Gasteiger partial charge in [-0.25, -0.2) is 0 Å². The Kier molecular flexibility index (Phi) is 4.72. The fourth-order valence-corrected chi connectivity index (χ4v) is 2.28. The Morgan fingerprint density at radius 3 is 2.62 bits per heavy atom. The van der Waals surface area contributed by atoms with Crippen LogP contribution in [0.2, 0.25) is 0 Å². The maximum absolute atomic E-state index is 12.9. The summed E-state index contributed by atoms with van der Waals surface area (Å²) in [7, 11) is 0. The molecule has 1 aliphatic rings. The molecule has 0 radical (unpaired) electrons. The second kappa shape index (κ2) is 6.34. The van der Waals surface area contributed by atoms with E-state index < -0.39 is 23.2 Å². The Morgan fingerprint density at radius 2 is 2.00 bits per heavy atom. The van der Waals surface area contributed by atoms with E-state index in [-0.39, 0.29) is 11.6 Å². The number of nitrogen functional groups attached to an aromatic ring is 1. The fourth-order valence-electron chi connectivity index (χ4n) is 2.28. The molecule has 0 aromatic heterocycles. The van der Waals surface area contributed by atoms with E-state index in [4.69, 9.17) is 10.5 Å². The second-order valence-corrected chi connectivity index (χ2v) is 5.07. The highest BCUT2D eigenvalue weighted by Crippen LogP contribution is 2.33. The van der Waals surface area contributed by atoms with Crippen LogP contribution in [-0.2, 0) is 10.9 Å². The number of rotatable bonds is 3. The van der Waals surface area contributed by atoms with Crippen LogP contribution in [0.1, 0.15) is 28.8 Å². The van der Waals surface area contributed by atoms with Crippen LogP contribution in [-0.4, -0.2) is 25.7 Å². The lowest BCUT2D eigenvalue weighted by Crippen LogP contribution is -2.33. The van der Waals surface area contributed by atoms with Gasteiger partial charge in [-0.2, -0.15) is 13.2 Å². The van der Waals surface area contributed by atoms with Gasteiger partial charge in [-0.3, -0.25) is 4.79 Å². The Bertz CT molecular complexity index is 511. The molecule has 116 valence electrons. The molecule has 21 heavy (non-hydrogen) atoms. The maximum Gasteiger partial charge on any atom is 0.417 e. The average molecular weight is 302 g/mol. The Morgan fingerprint density at radius 1 is 1.33 bits per heavy atom. The van der Waals surface area contributed by atoms with Crippen molar-refractivity contribution in [1.82, 2.24) is 5.32 Å². The van der Waals surface area contributed by atoms with Crippen LogP contribution in [0.3, 0.4) is 0 Å². The van der Waals surface area contributed by atoms with Crippen LogP contribution in [0.4, 0.5) is 18.9 Å². The number of nitrogens with two attached hydrogens (primary N) is 1. The van der Waals surface area contributed by atoms with Crippen LogP contribution < -0.4 is 11.1 Å². The highest BCUT2D eigenvalue weighted by Gasteiger charge is 2.35. The number of anilines is 1. The number of benzene rings is 1. The van der Waals surface area contributed by atoms with E-state index in [9.17, 15) is 18.0 Å². The summed E-state index contributed by atoms with van der Waals surface area (Å²) >= 11 is 0. The van der Waals surface area contributed by atoms with Gasteiger partial charge in [-0.15, -0.1) is 0 Å². The molecule has 7 heteroatoms. The minimum atomic E-state index is -4.61. The minimum Gasteiger partial charge on any atom is -0.399 e. The summed E-state index contributed by atoms with van der Waals surface area (Å²) in [5, 5.41) is 2.57. The van der Waals surface area contributed by atoms with Gasteiger partial charge in [0, 0.05) is 25.4 Å². The molecule has 1 saturated heterocycles. The number of hydrogen-bond donors (Lipinski definition) is 2. The molecule has 1 amide bonds. The van der Waals surface area contributed by atoms with Gasteiger partial charge < -0.3 is 15.8 Å². The van der Waals surface area contributed by atoms with E-state index in [1.807, 2.05) is 0 Å². The molecule has 0 bridgehead atoms. The highest BCUT2D eigenvalue weighted by atomic mass is 19.4. The molecule has 0 aliphatic carbocycles. The number of amides is 1. The van der Waals surface area contributed by atoms with Gasteiger partial charge >= 0.3 is 6.18 Å². The van der Waals surface area contributed by atoms with Crippen molar-refractivity contribution in [2.24, 2.45) is 5.92 Å². The summed E-state index contributed by atoms with van der Waals surface area (Å²) in [5.74, 6) is -0.486. The predicted octanol–water partition coefficient (Wildman–Crippen LogP) is 2.44. The zero-order valence-electron chi connectivity index (χ0n) is 11.4. The SMILES string of the molecule is Nc1ccc(C(=O)NCC2CCOCC2)c(C(F)(F)F)c1. The molecule has 1 fully saturated rings. The summed E-state index contributed by atoms with van der Waals surface area (Å²) < 4.78 is 44.0. The van der Waals surface area contributed by atoms with Gasteiger partial charge in [0.15, 0.2) is 0 Å². The van der Waals surface area contributed by atoms with Crippen molar-refractivity contribution in [1.29, 1.82) is 0 Å². The van der Waals surface area contributed by atoms with Crippen molar-refractivity contribution >= 4 is 11.6 Å². The van der Waals surface area contributed by atoms with Crippen molar-refractivity contribution in [2.75, 3.05) is 25.5 Å². The number of nitrogens with one attached hydrogen (secondary N) is 1. The molecular weight excluding hydrogens is 285 g/mol. The maximum atomic E-state index is 12.9. The summed E-state index contributed by atoms with van der Waals surface area (Å²) in [4.78, 5) is 12.0. The van der Waals surface area contributed by atoms with E-state index in [2.05, 4.69) is 5.32 Å². The lowest BCUT2D eigenvalue weighted by atomic mass is 10.00. The molecule has 0 unspecified atom stereocenters. The third-order valence-electron chi connectivity index (χ3n) is 3.49. The monoisotopic (exact) mass is 302 g/mol. The van der Waals surface area contributed by atoms with Crippen molar-refractivity contribution in [3.8, 4) is 0 Å². The van der Waals surface area contributed by atoms with Crippen molar-refractivity contribution < 1.29 is 22.7 Å². The molecule has 0 spiro atoms. The van der Waals surface area contributed by atoms with Crippen LogP contribution in [0.15, 0.2) is 18.2 Å². The number of carbonyl (C=O) groups is 1. The predicted molar refractivity (Wildman–Crippen MR) is 71.7 cm³/mol. The van der Waals surface area contributed by atoms with Gasteiger partial charge in [-0.1, -0.05) is 0 Å². The highest BCUT2D eigenvalue weighted by molar-refractivity contribution is 5.96. The van der Waals surface area contributed by atoms with Gasteiger partial charge in [0.2, 0.25) is 0 Å². The average Bonchev–Trinajstić information content (AvgIpc) is 2.45. The molecule has 1 aromatic rings. The third kappa shape index (κ3) is 4.10. The molecular formula is C14H17F3N2O2. The Balaban J connectivity index is 2.08. The largest absolute Gasteiger partial charge is 0.417 e. The van der Waals surface area contributed by atoms with Gasteiger partial charge in [0.05, 0.1) is 11.1 Å². The summed E-state index contributed by atoms with van der Waals surface area (Å²) in [6.07, 6.45) is -3.01. The quantitative estimate of drug-likeness (QED) is 0.843. The molecule has 2 rings (SSSR count). The lowest BCUT2D eigenvalue weighted by molar-refractivity contribution is -0.137. The first-order valence-corrected chi connectivity index (χ1v) is 6.70. The molecule has 0 saturated carbocycles. The molecule has 3 N–H and O–H groups in total. The molecule has 4 nitrogen and oxygen atoms in total. The van der Waals surface area contributed by atoms with Crippen molar-refractivity contribution in [3.63, 3.8) is 0 Å². The first kappa shape index (κ1) is 15.6.